The highest BCUT2D eigenvalue weighted by Gasteiger charge is 2.33. The number of fused-ring (bicyclic) bond motifs is 1. The molecule has 0 aliphatic heterocycles. The van der Waals surface area contributed by atoms with Crippen molar-refractivity contribution in [1.29, 1.82) is 0 Å². The molecule has 0 unspecified atom stereocenters. The number of amides is 1. The second kappa shape index (κ2) is 19.1. The molecule has 5 rings (SSSR count). The summed E-state index contributed by atoms with van der Waals surface area (Å²) in [6, 6.07) is 16.4. The van der Waals surface area contributed by atoms with Gasteiger partial charge in [0.15, 0.2) is 5.65 Å². The van der Waals surface area contributed by atoms with E-state index in [9.17, 15) is 4.79 Å². The molecular weight excluding hydrogens is 749 g/mol. The van der Waals surface area contributed by atoms with Crippen LogP contribution in [-0.2, 0) is 18.9 Å². The van der Waals surface area contributed by atoms with Crippen molar-refractivity contribution in [3.63, 3.8) is 0 Å². The van der Waals surface area contributed by atoms with E-state index in [1.807, 2.05) is 68.9 Å². The van der Waals surface area contributed by atoms with E-state index in [1.54, 1.807) is 0 Å². The maximum Gasteiger partial charge on any atom is 0.407 e. The van der Waals surface area contributed by atoms with Crippen LogP contribution in [0.2, 0.25) is 51.4 Å². The first-order chi connectivity index (χ1) is 26.9. The number of hydrogen-bond acceptors (Lipinski definition) is 9. The Hall–Kier alpha value is -4.05. The van der Waals surface area contributed by atoms with Crippen LogP contribution in [-0.4, -0.2) is 86.7 Å². The van der Waals surface area contributed by atoms with Crippen molar-refractivity contribution >= 4 is 39.5 Å². The van der Waals surface area contributed by atoms with E-state index in [-0.39, 0.29) is 18.1 Å². The number of nitrogens with zero attached hydrogens (tertiary/aromatic N) is 5. The fraction of sp³-hybridized carbons (Fsp3) is 0.545. The fourth-order valence-corrected chi connectivity index (χ4v) is 8.40. The van der Waals surface area contributed by atoms with E-state index in [1.165, 1.54) is 0 Å². The molecule has 1 N–H and O–H groups in total. The standard InChI is InChI=1S/C44H66N6O5Si2/c1-12-54-32(2)39-40(34-18-21-36(22-19-34)47-43(51)55-44(3,4)5)48-41-37(35-20-23-38(45-28-35)33-16-14-13-15-17-33)29-46-50(41)42(39)49(30-52-24-26-56(6,7)8)31-53-25-27-57(9,10)11/h13-17,20,23,28-29,34,36H,2,12,18-19,21-22,24-27,30-31H2,1,3-11H3,(H,47,51). The lowest BCUT2D eigenvalue weighted by atomic mass is 9.82. The molecular formula is C44H66N6O5Si2. The van der Waals surface area contributed by atoms with Gasteiger partial charge in [-0.15, -0.1) is 0 Å². The second-order valence-electron chi connectivity index (χ2n) is 18.6. The molecule has 1 saturated carbocycles. The van der Waals surface area contributed by atoms with Crippen LogP contribution in [0.15, 0.2) is 61.4 Å². The molecule has 1 aliphatic rings. The Labute approximate surface area is 342 Å². The van der Waals surface area contributed by atoms with Crippen LogP contribution in [0.25, 0.3) is 33.8 Å². The zero-order chi connectivity index (χ0) is 41.4. The predicted octanol–water partition coefficient (Wildman–Crippen LogP) is 10.4. The molecule has 11 nitrogen and oxygen atoms in total. The minimum Gasteiger partial charge on any atom is -0.494 e. The van der Waals surface area contributed by atoms with E-state index < -0.39 is 21.7 Å². The lowest BCUT2D eigenvalue weighted by molar-refractivity contribution is 0.0491. The van der Waals surface area contributed by atoms with Gasteiger partial charge in [0.2, 0.25) is 0 Å². The van der Waals surface area contributed by atoms with Gasteiger partial charge in [-0.25, -0.2) is 9.78 Å². The maximum atomic E-state index is 12.7. The monoisotopic (exact) mass is 814 g/mol. The van der Waals surface area contributed by atoms with Gasteiger partial charge in [0.25, 0.3) is 0 Å². The Balaban J connectivity index is 1.61. The number of nitrogens with one attached hydrogen (secondary N) is 1. The number of ether oxygens (including phenoxy) is 4. The highest BCUT2D eigenvalue weighted by atomic mass is 28.3. The Bertz CT molecular complexity index is 1900. The predicted molar refractivity (Wildman–Crippen MR) is 237 cm³/mol. The zero-order valence-corrected chi connectivity index (χ0v) is 38.1. The number of pyridine rings is 1. The molecule has 3 heterocycles. The molecule has 0 radical (unpaired) electrons. The van der Waals surface area contributed by atoms with Crippen molar-refractivity contribution < 1.29 is 23.7 Å². The lowest BCUT2D eigenvalue weighted by Crippen LogP contribution is -2.41. The first-order valence-corrected chi connectivity index (χ1v) is 28.0. The molecule has 1 aliphatic carbocycles. The third-order valence-corrected chi connectivity index (χ3v) is 13.4. The van der Waals surface area contributed by atoms with E-state index >= 15 is 0 Å². The van der Waals surface area contributed by atoms with Crippen molar-refractivity contribution in [2.75, 3.05) is 38.2 Å². The van der Waals surface area contributed by atoms with Crippen molar-refractivity contribution in [2.24, 2.45) is 0 Å². The van der Waals surface area contributed by atoms with Crippen LogP contribution in [0.5, 0.6) is 0 Å². The summed E-state index contributed by atoms with van der Waals surface area (Å²) in [6.07, 6.45) is 6.59. The third kappa shape index (κ3) is 12.7. The molecule has 0 spiro atoms. The summed E-state index contributed by atoms with van der Waals surface area (Å²) in [5.74, 6) is 1.39. The SMILES string of the molecule is C=C(OCC)c1c(C2CCC(NC(=O)OC(C)(C)C)CC2)nc2c(-c3ccc(-c4ccccc4)nc3)cnn2c1N(COCC[Si](C)(C)C)COCC[Si](C)(C)C. The lowest BCUT2D eigenvalue weighted by Gasteiger charge is -2.33. The maximum absolute atomic E-state index is 12.7. The van der Waals surface area contributed by atoms with E-state index in [4.69, 9.17) is 34.0 Å². The number of carbonyl (C=O) groups is 1. The summed E-state index contributed by atoms with van der Waals surface area (Å²) < 4.78 is 26.7. The quantitative estimate of drug-likeness (QED) is 0.0454. The summed E-state index contributed by atoms with van der Waals surface area (Å²) in [5.41, 5.74) is 5.60. The van der Waals surface area contributed by atoms with E-state index in [2.05, 4.69) is 74.3 Å². The average molecular weight is 815 g/mol. The number of benzene rings is 1. The smallest absolute Gasteiger partial charge is 0.407 e. The topological polar surface area (TPSA) is 112 Å². The van der Waals surface area contributed by atoms with Gasteiger partial charge in [0.05, 0.1) is 29.8 Å². The highest BCUT2D eigenvalue weighted by Crippen LogP contribution is 2.42. The first-order valence-electron chi connectivity index (χ1n) is 20.6. The van der Waals surface area contributed by atoms with Gasteiger partial charge in [0.1, 0.15) is 30.6 Å². The van der Waals surface area contributed by atoms with Crippen LogP contribution in [0.3, 0.4) is 0 Å². The Kier molecular flexibility index (Phi) is 14.8. The molecule has 0 atom stereocenters. The first kappa shape index (κ1) is 44.1. The molecule has 310 valence electrons. The molecule has 0 saturated heterocycles. The molecule has 57 heavy (non-hydrogen) atoms. The summed E-state index contributed by atoms with van der Waals surface area (Å²) in [5, 5.41) is 8.13. The van der Waals surface area contributed by atoms with Crippen LogP contribution in [0.4, 0.5) is 10.6 Å². The van der Waals surface area contributed by atoms with Crippen LogP contribution in [0.1, 0.15) is 70.6 Å². The number of hydrogen-bond donors (Lipinski definition) is 1. The van der Waals surface area contributed by atoms with Crippen molar-refractivity contribution in [3.8, 4) is 22.4 Å². The van der Waals surface area contributed by atoms with Crippen molar-refractivity contribution in [3.05, 3.63) is 72.7 Å². The Morgan fingerprint density at radius 1 is 0.895 bits per heavy atom. The highest BCUT2D eigenvalue weighted by molar-refractivity contribution is 6.76. The minimum atomic E-state index is -1.34. The largest absolute Gasteiger partial charge is 0.494 e. The van der Waals surface area contributed by atoms with E-state index in [0.717, 1.165) is 77.2 Å². The van der Waals surface area contributed by atoms with Crippen molar-refractivity contribution in [1.82, 2.24) is 24.9 Å². The molecule has 3 aromatic heterocycles. The number of rotatable bonds is 18. The van der Waals surface area contributed by atoms with Crippen LogP contribution >= 0.6 is 0 Å². The summed E-state index contributed by atoms with van der Waals surface area (Å²) in [4.78, 5) is 25.2. The minimum absolute atomic E-state index is 0.00797. The number of anilines is 1. The molecule has 1 aromatic carbocycles. The van der Waals surface area contributed by atoms with Gasteiger partial charge in [-0.05, 0) is 71.5 Å². The zero-order valence-electron chi connectivity index (χ0n) is 36.1. The Morgan fingerprint density at radius 2 is 1.53 bits per heavy atom. The molecule has 1 fully saturated rings. The fourth-order valence-electron chi connectivity index (χ4n) is 6.88. The normalized spacial score (nSPS) is 16.4. The van der Waals surface area contributed by atoms with Crippen molar-refractivity contribution in [2.45, 2.75) is 122 Å². The van der Waals surface area contributed by atoms with Gasteiger partial charge in [-0.3, -0.25) is 4.98 Å². The third-order valence-electron chi connectivity index (χ3n) is 10.0. The number of alkyl carbamates (subject to hydrolysis) is 1. The summed E-state index contributed by atoms with van der Waals surface area (Å²) in [6.45, 7) is 28.6. The van der Waals surface area contributed by atoms with Gasteiger partial charge >= 0.3 is 6.09 Å². The van der Waals surface area contributed by atoms with Crippen LogP contribution < -0.4 is 10.2 Å². The summed E-state index contributed by atoms with van der Waals surface area (Å²) in [7, 11) is -2.67. The van der Waals surface area contributed by atoms with Gasteiger partial charge in [-0.1, -0.05) is 82.3 Å². The molecule has 0 bridgehead atoms. The van der Waals surface area contributed by atoms with Gasteiger partial charge in [-0.2, -0.15) is 9.61 Å². The summed E-state index contributed by atoms with van der Waals surface area (Å²) >= 11 is 0. The average Bonchev–Trinajstić information content (AvgIpc) is 3.56. The molecule has 4 aromatic rings. The van der Waals surface area contributed by atoms with Gasteiger partial charge < -0.3 is 29.2 Å². The molecule has 1 amide bonds. The second-order valence-corrected chi connectivity index (χ2v) is 29.8. The number of carbonyl (C=O) groups excluding carboxylic acids is 1. The van der Waals surface area contributed by atoms with Gasteiger partial charge in [0, 0.05) is 64.2 Å². The van der Waals surface area contributed by atoms with E-state index in [0.29, 0.717) is 44.7 Å². The van der Waals surface area contributed by atoms with Crippen LogP contribution in [0, 0.1) is 0 Å². The number of aromatic nitrogens is 4. The Morgan fingerprint density at radius 3 is 2.07 bits per heavy atom. The molecule has 13 heteroatoms.